The van der Waals surface area contributed by atoms with Gasteiger partial charge in [-0.1, -0.05) is 35.9 Å². The molecule has 0 spiro atoms. The maximum Gasteiger partial charge on any atom is 0.307 e. The van der Waals surface area contributed by atoms with Crippen molar-refractivity contribution in [2.75, 3.05) is 0 Å². The zero-order valence-corrected chi connectivity index (χ0v) is 15.3. The molecule has 2 aromatic carbocycles. The molecule has 6 heteroatoms. The summed E-state index contributed by atoms with van der Waals surface area (Å²) < 4.78 is 7.46. The molecule has 0 saturated carbocycles. The second-order valence-electron chi connectivity index (χ2n) is 6.08. The summed E-state index contributed by atoms with van der Waals surface area (Å²) in [5.74, 6) is -0.187. The Balaban J connectivity index is 1.51. The van der Waals surface area contributed by atoms with E-state index in [-0.39, 0.29) is 5.76 Å². The zero-order chi connectivity index (χ0) is 18.8. The maximum absolute atomic E-state index is 12.2. The third-order valence-electron chi connectivity index (χ3n) is 4.23. The van der Waals surface area contributed by atoms with Crippen molar-refractivity contribution >= 4 is 34.7 Å². The zero-order valence-electron chi connectivity index (χ0n) is 14.5. The molecule has 0 saturated heterocycles. The largest absolute Gasteiger partial charge is 0.451 e. The Morgan fingerprint density at radius 1 is 1.15 bits per heavy atom. The van der Waals surface area contributed by atoms with E-state index in [1.54, 1.807) is 12.3 Å². The molecule has 0 aliphatic rings. The Morgan fingerprint density at radius 2 is 2.00 bits per heavy atom. The van der Waals surface area contributed by atoms with Gasteiger partial charge in [-0.05, 0) is 48.9 Å². The van der Waals surface area contributed by atoms with Crippen molar-refractivity contribution in [2.45, 2.75) is 6.92 Å². The average Bonchev–Trinajstić information content (AvgIpc) is 3.30. The van der Waals surface area contributed by atoms with Crippen LogP contribution in [0.15, 0.2) is 76.4 Å². The van der Waals surface area contributed by atoms with Crippen molar-refractivity contribution in [1.82, 2.24) is 9.99 Å². The Labute approximate surface area is 160 Å². The number of fused-ring (bicyclic) bond motifs is 1. The molecule has 134 valence electrons. The first-order chi connectivity index (χ1) is 13.1. The molecule has 0 atom stereocenters. The second-order valence-corrected chi connectivity index (χ2v) is 6.49. The second kappa shape index (κ2) is 7.13. The molecule has 0 aliphatic heterocycles. The van der Waals surface area contributed by atoms with Crippen molar-refractivity contribution in [1.29, 1.82) is 0 Å². The molecule has 2 aromatic heterocycles. The van der Waals surface area contributed by atoms with E-state index < -0.39 is 5.91 Å². The van der Waals surface area contributed by atoms with Crippen LogP contribution in [0.1, 0.15) is 21.8 Å². The van der Waals surface area contributed by atoms with Gasteiger partial charge in [0.05, 0.1) is 11.9 Å². The van der Waals surface area contributed by atoms with Gasteiger partial charge in [0.1, 0.15) is 5.58 Å². The molecular formula is C21H16ClN3O2. The third kappa shape index (κ3) is 3.50. The smallest absolute Gasteiger partial charge is 0.307 e. The van der Waals surface area contributed by atoms with Gasteiger partial charge in [-0.25, -0.2) is 5.43 Å². The number of para-hydroxylation sites is 1. The highest BCUT2D eigenvalue weighted by Crippen LogP contribution is 2.21. The van der Waals surface area contributed by atoms with Gasteiger partial charge in [-0.2, -0.15) is 5.10 Å². The SMILES string of the molecule is Cc1ccc(-n2cccc2/C=N/NC(=O)c2cc3ccccc3o2)cc1Cl. The number of aromatic nitrogens is 1. The molecule has 27 heavy (non-hydrogen) atoms. The van der Waals surface area contributed by atoms with E-state index in [0.717, 1.165) is 22.3 Å². The van der Waals surface area contributed by atoms with Crippen LogP contribution in [-0.4, -0.2) is 16.7 Å². The number of halogens is 1. The van der Waals surface area contributed by atoms with Crippen molar-refractivity contribution in [2.24, 2.45) is 5.10 Å². The van der Waals surface area contributed by atoms with Crippen LogP contribution in [0.5, 0.6) is 0 Å². The third-order valence-corrected chi connectivity index (χ3v) is 4.63. The first-order valence-electron chi connectivity index (χ1n) is 8.38. The fraction of sp³-hybridized carbons (Fsp3) is 0.0476. The standard InChI is InChI=1S/C21H16ClN3O2/c1-14-8-9-16(12-18(14)22)25-10-4-6-17(25)13-23-24-21(26)20-11-15-5-2-3-7-19(15)27-20/h2-13H,1H3,(H,24,26)/b23-13+. The first kappa shape index (κ1) is 17.1. The van der Waals surface area contributed by atoms with Gasteiger partial charge in [-0.15, -0.1) is 0 Å². The van der Waals surface area contributed by atoms with Gasteiger partial charge >= 0.3 is 5.91 Å². The molecule has 0 aliphatic carbocycles. The summed E-state index contributed by atoms with van der Waals surface area (Å²) in [4.78, 5) is 12.2. The molecular weight excluding hydrogens is 362 g/mol. The predicted molar refractivity (Wildman–Crippen MR) is 107 cm³/mol. The lowest BCUT2D eigenvalue weighted by Crippen LogP contribution is -2.17. The van der Waals surface area contributed by atoms with Crippen molar-refractivity contribution in [3.8, 4) is 5.69 Å². The monoisotopic (exact) mass is 377 g/mol. The van der Waals surface area contributed by atoms with Gasteiger partial charge in [0.2, 0.25) is 0 Å². The summed E-state index contributed by atoms with van der Waals surface area (Å²) in [6, 6.07) is 18.8. The summed E-state index contributed by atoms with van der Waals surface area (Å²) in [5.41, 5.74) is 5.90. The van der Waals surface area contributed by atoms with E-state index >= 15 is 0 Å². The number of hydrazone groups is 1. The number of hydrogen-bond donors (Lipinski definition) is 1. The fourth-order valence-corrected chi connectivity index (χ4v) is 2.95. The number of aryl methyl sites for hydroxylation is 1. The highest BCUT2D eigenvalue weighted by molar-refractivity contribution is 6.31. The Kier molecular flexibility index (Phi) is 4.52. The molecule has 0 fully saturated rings. The Morgan fingerprint density at radius 3 is 2.81 bits per heavy atom. The first-order valence-corrected chi connectivity index (χ1v) is 8.75. The summed E-state index contributed by atoms with van der Waals surface area (Å²) in [7, 11) is 0. The van der Waals surface area contributed by atoms with Crippen molar-refractivity contribution < 1.29 is 9.21 Å². The van der Waals surface area contributed by atoms with Crippen LogP contribution < -0.4 is 5.43 Å². The number of carbonyl (C=O) groups is 1. The number of nitrogens with one attached hydrogen (secondary N) is 1. The van der Waals surface area contributed by atoms with Gasteiger partial charge in [0.25, 0.3) is 0 Å². The molecule has 1 N–H and O–H groups in total. The normalized spacial score (nSPS) is 11.3. The summed E-state index contributed by atoms with van der Waals surface area (Å²) in [6.45, 7) is 1.96. The number of carbonyl (C=O) groups excluding carboxylic acids is 1. The number of nitrogens with zero attached hydrogens (tertiary/aromatic N) is 2. The minimum Gasteiger partial charge on any atom is -0.451 e. The molecule has 2 heterocycles. The van der Waals surface area contributed by atoms with Gasteiger partial charge in [0.15, 0.2) is 5.76 Å². The number of rotatable bonds is 4. The van der Waals surface area contributed by atoms with Crippen LogP contribution in [0.25, 0.3) is 16.7 Å². The van der Waals surface area contributed by atoms with E-state index in [2.05, 4.69) is 10.5 Å². The highest BCUT2D eigenvalue weighted by Gasteiger charge is 2.11. The molecule has 5 nitrogen and oxygen atoms in total. The van der Waals surface area contributed by atoms with E-state index in [1.807, 2.05) is 72.3 Å². The quantitative estimate of drug-likeness (QED) is 0.404. The number of furan rings is 1. The van der Waals surface area contributed by atoms with Crippen LogP contribution in [0.4, 0.5) is 0 Å². The predicted octanol–water partition coefficient (Wildman–Crippen LogP) is 4.95. The van der Waals surface area contributed by atoms with Gasteiger partial charge in [-0.3, -0.25) is 4.79 Å². The summed E-state index contributed by atoms with van der Waals surface area (Å²) >= 11 is 6.22. The molecule has 4 rings (SSSR count). The minimum absolute atomic E-state index is 0.217. The lowest BCUT2D eigenvalue weighted by molar-refractivity contribution is 0.0929. The number of benzene rings is 2. The van der Waals surface area contributed by atoms with E-state index in [1.165, 1.54) is 0 Å². The summed E-state index contributed by atoms with van der Waals surface area (Å²) in [5, 5.41) is 5.62. The maximum atomic E-state index is 12.2. The van der Waals surface area contributed by atoms with E-state index in [4.69, 9.17) is 16.0 Å². The molecule has 0 unspecified atom stereocenters. The fourth-order valence-electron chi connectivity index (χ4n) is 2.77. The van der Waals surface area contributed by atoms with Crippen LogP contribution in [0.2, 0.25) is 5.02 Å². The Bertz CT molecular complexity index is 1120. The van der Waals surface area contributed by atoms with Crippen LogP contribution in [0.3, 0.4) is 0 Å². The highest BCUT2D eigenvalue weighted by atomic mass is 35.5. The topological polar surface area (TPSA) is 59.5 Å². The van der Waals surface area contributed by atoms with Crippen molar-refractivity contribution in [3.63, 3.8) is 0 Å². The van der Waals surface area contributed by atoms with Gasteiger partial charge < -0.3 is 8.98 Å². The molecule has 1 amide bonds. The van der Waals surface area contributed by atoms with Crippen LogP contribution in [0, 0.1) is 6.92 Å². The molecule has 0 radical (unpaired) electrons. The Hall–Kier alpha value is -3.31. The van der Waals surface area contributed by atoms with Gasteiger partial charge in [0, 0.05) is 22.3 Å². The molecule has 0 bridgehead atoms. The summed E-state index contributed by atoms with van der Waals surface area (Å²) in [6.07, 6.45) is 3.48. The van der Waals surface area contributed by atoms with E-state index in [0.29, 0.717) is 10.6 Å². The molecule has 4 aromatic rings. The minimum atomic E-state index is -0.404. The number of hydrogen-bond acceptors (Lipinski definition) is 3. The van der Waals surface area contributed by atoms with E-state index in [9.17, 15) is 4.79 Å². The average molecular weight is 378 g/mol. The van der Waals surface area contributed by atoms with Crippen LogP contribution >= 0.6 is 11.6 Å². The van der Waals surface area contributed by atoms with Crippen molar-refractivity contribution in [3.05, 3.63) is 88.9 Å². The van der Waals surface area contributed by atoms with Crippen LogP contribution in [-0.2, 0) is 0 Å². The lowest BCUT2D eigenvalue weighted by atomic mass is 10.2. The number of amides is 1. The lowest BCUT2D eigenvalue weighted by Gasteiger charge is -2.08.